The van der Waals surface area contributed by atoms with E-state index in [9.17, 15) is 13.2 Å². The van der Waals surface area contributed by atoms with Gasteiger partial charge in [-0.25, -0.2) is 0 Å². The van der Waals surface area contributed by atoms with Crippen molar-refractivity contribution in [2.45, 2.75) is 17.7 Å². The summed E-state index contributed by atoms with van der Waals surface area (Å²) in [5.74, 6) is 0.476. The molecule has 2 aliphatic rings. The lowest BCUT2D eigenvalue weighted by atomic mass is 9.95. The molecule has 1 fully saturated rings. The number of hydrogen-bond donors (Lipinski definition) is 2. The maximum Gasteiger partial charge on any atom is 0.285 e. The molecule has 132 valence electrons. The van der Waals surface area contributed by atoms with E-state index < -0.39 is 10.0 Å². The summed E-state index contributed by atoms with van der Waals surface area (Å²) in [5.41, 5.74) is 6.04. The fraction of sp³-hybridized carbons (Fsp3) is 0.467. The van der Waals surface area contributed by atoms with Crippen LogP contribution in [0.2, 0.25) is 0 Å². The van der Waals surface area contributed by atoms with E-state index in [2.05, 4.69) is 9.71 Å². The van der Waals surface area contributed by atoms with Crippen LogP contribution < -0.4 is 11.1 Å². The highest BCUT2D eigenvalue weighted by Crippen LogP contribution is 2.29. The Morgan fingerprint density at radius 3 is 2.62 bits per heavy atom. The van der Waals surface area contributed by atoms with Crippen LogP contribution in [0.1, 0.15) is 18.4 Å². The van der Waals surface area contributed by atoms with Crippen molar-refractivity contribution in [1.82, 2.24) is 10.2 Å². The van der Waals surface area contributed by atoms with Crippen LogP contribution in [-0.2, 0) is 14.8 Å². The van der Waals surface area contributed by atoms with E-state index in [0.29, 0.717) is 50.4 Å². The van der Waals surface area contributed by atoms with Crippen molar-refractivity contribution in [3.63, 3.8) is 0 Å². The molecule has 1 aromatic carbocycles. The number of benzene rings is 1. The molecule has 7 nitrogen and oxygen atoms in total. The first kappa shape index (κ1) is 18.7. The van der Waals surface area contributed by atoms with Gasteiger partial charge < -0.3 is 16.0 Å². The number of amides is 1. The van der Waals surface area contributed by atoms with Crippen molar-refractivity contribution in [3.05, 3.63) is 29.8 Å². The standard InChI is InChI=1S/C15H20N4O3S.ClH/c16-7-8-17-15(20)11-5-9-19(10-6-11)14-12-3-1-2-4-13(12)23(21,22)18-14;/h1-4,11H,5-10,16H2,(H,17,20);1H. The molecular formula is C15H21ClN4O3S. The Kier molecular flexibility index (Phi) is 5.84. The molecule has 2 aliphatic heterocycles. The van der Waals surface area contributed by atoms with Crippen LogP contribution in [0.15, 0.2) is 33.6 Å². The van der Waals surface area contributed by atoms with Crippen LogP contribution in [0.4, 0.5) is 0 Å². The summed E-state index contributed by atoms with van der Waals surface area (Å²) in [4.78, 5) is 14.2. The Morgan fingerprint density at radius 1 is 1.29 bits per heavy atom. The summed E-state index contributed by atoms with van der Waals surface area (Å²) >= 11 is 0. The number of fused-ring (bicyclic) bond motifs is 1. The lowest BCUT2D eigenvalue weighted by molar-refractivity contribution is -0.126. The minimum absolute atomic E-state index is 0. The molecular weight excluding hydrogens is 352 g/mol. The van der Waals surface area contributed by atoms with E-state index in [1.807, 2.05) is 11.0 Å². The Bertz CT molecular complexity index is 743. The van der Waals surface area contributed by atoms with Crippen molar-refractivity contribution in [3.8, 4) is 0 Å². The lowest BCUT2D eigenvalue weighted by Crippen LogP contribution is -2.43. The molecule has 1 saturated heterocycles. The monoisotopic (exact) mass is 372 g/mol. The van der Waals surface area contributed by atoms with Crippen LogP contribution in [0.3, 0.4) is 0 Å². The zero-order chi connectivity index (χ0) is 16.4. The highest BCUT2D eigenvalue weighted by Gasteiger charge is 2.34. The van der Waals surface area contributed by atoms with E-state index in [1.54, 1.807) is 18.2 Å². The Hall–Kier alpha value is -1.64. The smallest absolute Gasteiger partial charge is 0.285 e. The molecule has 0 atom stereocenters. The van der Waals surface area contributed by atoms with Gasteiger partial charge in [-0.2, -0.15) is 8.42 Å². The van der Waals surface area contributed by atoms with E-state index in [0.717, 1.165) is 0 Å². The summed E-state index contributed by atoms with van der Waals surface area (Å²) in [5, 5.41) is 2.81. The van der Waals surface area contributed by atoms with E-state index >= 15 is 0 Å². The van der Waals surface area contributed by atoms with Gasteiger partial charge >= 0.3 is 0 Å². The third kappa shape index (κ3) is 3.55. The number of nitrogens with zero attached hydrogens (tertiary/aromatic N) is 2. The van der Waals surface area contributed by atoms with Crippen LogP contribution in [0, 0.1) is 5.92 Å². The molecule has 0 unspecified atom stereocenters. The number of amidine groups is 1. The molecule has 9 heteroatoms. The van der Waals surface area contributed by atoms with Gasteiger partial charge in [0.05, 0.1) is 0 Å². The van der Waals surface area contributed by atoms with E-state index in [4.69, 9.17) is 5.73 Å². The maximum atomic E-state index is 12.1. The normalized spacial score (nSPS) is 19.2. The third-order valence-electron chi connectivity index (χ3n) is 4.22. The molecule has 0 radical (unpaired) electrons. The van der Waals surface area contributed by atoms with E-state index in [1.165, 1.54) is 0 Å². The predicted molar refractivity (Wildman–Crippen MR) is 93.8 cm³/mol. The number of sulfonamides is 1. The van der Waals surface area contributed by atoms with Crippen LogP contribution in [0.25, 0.3) is 0 Å². The third-order valence-corrected chi connectivity index (χ3v) is 5.55. The average molecular weight is 373 g/mol. The number of rotatable bonds is 3. The van der Waals surface area contributed by atoms with Crippen molar-refractivity contribution in [2.75, 3.05) is 26.2 Å². The minimum Gasteiger partial charge on any atom is -0.355 e. The van der Waals surface area contributed by atoms with Gasteiger partial charge in [-0.15, -0.1) is 16.8 Å². The molecule has 0 saturated carbocycles. The number of nitrogens with two attached hydrogens (primary N) is 1. The SMILES string of the molecule is Cl.NCCNC(=O)C1CCN(C2=NS(=O)(=O)c3ccccc32)CC1. The molecule has 0 aliphatic carbocycles. The van der Waals surface area contributed by atoms with Crippen molar-refractivity contribution < 1.29 is 13.2 Å². The Morgan fingerprint density at radius 2 is 1.96 bits per heavy atom. The second kappa shape index (κ2) is 7.50. The lowest BCUT2D eigenvalue weighted by Gasteiger charge is -2.32. The predicted octanol–water partition coefficient (Wildman–Crippen LogP) is 0.344. The number of carbonyl (C=O) groups is 1. The molecule has 1 amide bonds. The number of likely N-dealkylation sites (tertiary alicyclic amines) is 1. The molecule has 0 bridgehead atoms. The minimum atomic E-state index is -3.59. The fourth-order valence-corrected chi connectivity index (χ4v) is 4.24. The van der Waals surface area contributed by atoms with Gasteiger partial charge in [0.1, 0.15) is 4.90 Å². The number of piperidine rings is 1. The first-order chi connectivity index (χ1) is 11.0. The summed E-state index contributed by atoms with van der Waals surface area (Å²) < 4.78 is 28.1. The maximum absolute atomic E-state index is 12.1. The zero-order valence-electron chi connectivity index (χ0n) is 13.1. The topological polar surface area (TPSA) is 105 Å². The second-order valence-corrected chi connectivity index (χ2v) is 7.30. The Labute approximate surface area is 147 Å². The highest BCUT2D eigenvalue weighted by atomic mass is 35.5. The molecule has 0 aromatic heterocycles. The van der Waals surface area contributed by atoms with Crippen molar-refractivity contribution in [1.29, 1.82) is 0 Å². The van der Waals surface area contributed by atoms with Gasteiger partial charge in [-0.1, -0.05) is 12.1 Å². The van der Waals surface area contributed by atoms with Crippen LogP contribution >= 0.6 is 12.4 Å². The molecule has 24 heavy (non-hydrogen) atoms. The number of carbonyl (C=O) groups excluding carboxylic acids is 1. The number of hydrogen-bond acceptors (Lipinski definition) is 5. The average Bonchev–Trinajstić information content (AvgIpc) is 2.85. The second-order valence-electron chi connectivity index (χ2n) is 5.73. The number of nitrogens with one attached hydrogen (secondary N) is 1. The van der Waals surface area contributed by atoms with Gasteiger partial charge in [0.25, 0.3) is 10.0 Å². The van der Waals surface area contributed by atoms with E-state index in [-0.39, 0.29) is 29.1 Å². The highest BCUT2D eigenvalue weighted by molar-refractivity contribution is 7.90. The van der Waals surface area contributed by atoms with Gasteiger partial charge in [-0.05, 0) is 25.0 Å². The number of halogens is 1. The summed E-state index contributed by atoms with van der Waals surface area (Å²) in [6.07, 6.45) is 1.36. The van der Waals surface area contributed by atoms with Gasteiger partial charge in [-0.3, -0.25) is 4.79 Å². The molecule has 2 heterocycles. The molecule has 3 N–H and O–H groups in total. The summed E-state index contributed by atoms with van der Waals surface area (Å²) in [6, 6.07) is 6.86. The van der Waals surface area contributed by atoms with Gasteiger partial charge in [0.15, 0.2) is 5.84 Å². The van der Waals surface area contributed by atoms with Gasteiger partial charge in [0.2, 0.25) is 5.91 Å². The van der Waals surface area contributed by atoms with Crippen LogP contribution in [0.5, 0.6) is 0 Å². The first-order valence-corrected chi connectivity index (χ1v) is 9.14. The molecule has 0 spiro atoms. The first-order valence-electron chi connectivity index (χ1n) is 7.70. The van der Waals surface area contributed by atoms with Crippen molar-refractivity contribution >= 4 is 34.2 Å². The zero-order valence-corrected chi connectivity index (χ0v) is 14.8. The molecule has 1 aromatic rings. The fourth-order valence-electron chi connectivity index (χ4n) is 3.01. The van der Waals surface area contributed by atoms with Crippen molar-refractivity contribution in [2.24, 2.45) is 16.0 Å². The Balaban J connectivity index is 0.00000208. The molecule has 3 rings (SSSR count). The van der Waals surface area contributed by atoms with Crippen LogP contribution in [-0.4, -0.2) is 51.2 Å². The largest absolute Gasteiger partial charge is 0.355 e. The summed E-state index contributed by atoms with van der Waals surface area (Å²) in [7, 11) is -3.59. The van der Waals surface area contributed by atoms with Gasteiger partial charge in [0, 0.05) is 37.7 Å². The summed E-state index contributed by atoms with van der Waals surface area (Å²) in [6.45, 7) is 2.14. The quantitative estimate of drug-likeness (QED) is 0.796.